The second-order valence-electron chi connectivity index (χ2n) is 8.27. The molecule has 1 fully saturated rings. The average Bonchev–Trinajstić information content (AvgIpc) is 2.85. The van der Waals surface area contributed by atoms with E-state index in [9.17, 15) is 4.79 Å². The number of ether oxygens (including phenoxy) is 2. The molecular weight excluding hydrogens is 450 g/mol. The van der Waals surface area contributed by atoms with Crippen molar-refractivity contribution in [3.8, 4) is 17.4 Å². The molecule has 0 unspecified atom stereocenters. The molecule has 176 valence electrons. The standard InChI is InChI=1S/C27H28ClN3O3/c1-19-3-5-21(6-4-19)18-33-23-8-9-25(30-17-23)34-27-20(2)15-22(16-24(27)28)7-10-26(32)31-13-11-29-12-14-31/h3-10,15-17,29H,11-14,18H2,1-2H3. The number of hydrogen-bond acceptors (Lipinski definition) is 5. The minimum Gasteiger partial charge on any atom is -0.487 e. The second kappa shape index (κ2) is 11.2. The summed E-state index contributed by atoms with van der Waals surface area (Å²) in [6.45, 7) is 7.53. The zero-order valence-corrected chi connectivity index (χ0v) is 20.1. The van der Waals surface area contributed by atoms with Crippen LogP contribution >= 0.6 is 11.6 Å². The van der Waals surface area contributed by atoms with E-state index in [1.165, 1.54) is 5.56 Å². The number of halogens is 1. The summed E-state index contributed by atoms with van der Waals surface area (Å²) in [7, 11) is 0. The Morgan fingerprint density at radius 2 is 1.88 bits per heavy atom. The Balaban J connectivity index is 1.37. The summed E-state index contributed by atoms with van der Waals surface area (Å²) in [6, 6.07) is 15.5. The van der Waals surface area contributed by atoms with E-state index in [-0.39, 0.29) is 5.91 Å². The van der Waals surface area contributed by atoms with Crippen LogP contribution in [0.25, 0.3) is 6.08 Å². The fourth-order valence-corrected chi connectivity index (χ4v) is 3.92. The largest absolute Gasteiger partial charge is 0.487 e. The molecule has 0 saturated carbocycles. The molecular formula is C27H28ClN3O3. The van der Waals surface area contributed by atoms with Gasteiger partial charge in [-0.1, -0.05) is 41.4 Å². The van der Waals surface area contributed by atoms with E-state index in [0.717, 1.165) is 42.9 Å². The lowest BCUT2D eigenvalue weighted by Crippen LogP contribution is -2.45. The number of aromatic nitrogens is 1. The predicted molar refractivity (Wildman–Crippen MR) is 134 cm³/mol. The van der Waals surface area contributed by atoms with Gasteiger partial charge in [-0.05, 0) is 54.8 Å². The van der Waals surface area contributed by atoms with Crippen LogP contribution in [0.1, 0.15) is 22.3 Å². The first kappa shape index (κ1) is 23.8. The van der Waals surface area contributed by atoms with Gasteiger partial charge in [0.05, 0.1) is 11.2 Å². The van der Waals surface area contributed by atoms with Crippen molar-refractivity contribution in [1.82, 2.24) is 15.2 Å². The zero-order chi connectivity index (χ0) is 23.9. The molecule has 0 aliphatic carbocycles. The third-order valence-electron chi connectivity index (χ3n) is 5.54. The van der Waals surface area contributed by atoms with Crippen molar-refractivity contribution < 1.29 is 14.3 Å². The van der Waals surface area contributed by atoms with Crippen LogP contribution in [-0.4, -0.2) is 42.0 Å². The van der Waals surface area contributed by atoms with Gasteiger partial charge >= 0.3 is 0 Å². The maximum absolute atomic E-state index is 12.4. The summed E-state index contributed by atoms with van der Waals surface area (Å²) in [4.78, 5) is 18.5. The van der Waals surface area contributed by atoms with Gasteiger partial charge < -0.3 is 19.7 Å². The molecule has 0 atom stereocenters. The number of pyridine rings is 1. The van der Waals surface area contributed by atoms with Crippen LogP contribution in [0.15, 0.2) is 60.8 Å². The molecule has 2 heterocycles. The first-order valence-electron chi connectivity index (χ1n) is 11.3. The van der Waals surface area contributed by atoms with E-state index in [2.05, 4.69) is 29.4 Å². The molecule has 0 radical (unpaired) electrons. The number of nitrogens with zero attached hydrogens (tertiary/aromatic N) is 2. The normalized spacial score (nSPS) is 13.8. The van der Waals surface area contributed by atoms with Gasteiger partial charge in [0.2, 0.25) is 11.8 Å². The van der Waals surface area contributed by atoms with Crippen LogP contribution in [-0.2, 0) is 11.4 Å². The van der Waals surface area contributed by atoms with Crippen LogP contribution in [0.4, 0.5) is 0 Å². The van der Waals surface area contributed by atoms with Crippen molar-refractivity contribution in [3.63, 3.8) is 0 Å². The average molecular weight is 478 g/mol. The third kappa shape index (κ3) is 6.37. The Morgan fingerprint density at radius 3 is 2.56 bits per heavy atom. The molecule has 1 aliphatic rings. The molecule has 2 aromatic carbocycles. The maximum atomic E-state index is 12.4. The molecule has 1 amide bonds. The lowest BCUT2D eigenvalue weighted by molar-refractivity contribution is -0.126. The number of nitrogens with one attached hydrogen (secondary N) is 1. The quantitative estimate of drug-likeness (QED) is 0.476. The Bertz CT molecular complexity index is 1130. The first-order valence-corrected chi connectivity index (χ1v) is 11.7. The maximum Gasteiger partial charge on any atom is 0.246 e. The Kier molecular flexibility index (Phi) is 7.83. The van der Waals surface area contributed by atoms with Crippen LogP contribution in [0.5, 0.6) is 17.4 Å². The second-order valence-corrected chi connectivity index (χ2v) is 8.67. The SMILES string of the molecule is Cc1ccc(COc2ccc(Oc3c(C)cc(C=CC(=O)N4CCNCC4)cc3Cl)nc2)cc1. The summed E-state index contributed by atoms with van der Waals surface area (Å²) in [5, 5.41) is 3.70. The third-order valence-corrected chi connectivity index (χ3v) is 5.82. The number of piperazine rings is 1. The van der Waals surface area contributed by atoms with Gasteiger partial charge in [-0.3, -0.25) is 4.79 Å². The van der Waals surface area contributed by atoms with E-state index in [4.69, 9.17) is 21.1 Å². The Morgan fingerprint density at radius 1 is 1.12 bits per heavy atom. The molecule has 0 spiro atoms. The van der Waals surface area contributed by atoms with E-state index in [1.807, 2.05) is 36.1 Å². The van der Waals surface area contributed by atoms with Crippen molar-refractivity contribution in [3.05, 3.63) is 88.1 Å². The van der Waals surface area contributed by atoms with Crippen molar-refractivity contribution in [2.45, 2.75) is 20.5 Å². The van der Waals surface area contributed by atoms with Crippen LogP contribution in [0.3, 0.4) is 0 Å². The van der Waals surface area contributed by atoms with Crippen molar-refractivity contribution in [2.75, 3.05) is 26.2 Å². The van der Waals surface area contributed by atoms with Crippen LogP contribution in [0, 0.1) is 13.8 Å². The summed E-state index contributed by atoms with van der Waals surface area (Å²) in [5.74, 6) is 1.62. The summed E-state index contributed by atoms with van der Waals surface area (Å²) < 4.78 is 11.7. The molecule has 7 heteroatoms. The van der Waals surface area contributed by atoms with E-state index in [1.54, 1.807) is 30.5 Å². The number of carbonyl (C=O) groups excluding carboxylic acids is 1. The number of amides is 1. The van der Waals surface area contributed by atoms with Crippen LogP contribution < -0.4 is 14.8 Å². The molecule has 6 nitrogen and oxygen atoms in total. The Labute approximate surface area is 205 Å². The molecule has 1 N–H and O–H groups in total. The molecule has 4 rings (SSSR count). The first-order chi connectivity index (χ1) is 16.5. The smallest absolute Gasteiger partial charge is 0.246 e. The lowest BCUT2D eigenvalue weighted by atomic mass is 10.1. The minimum atomic E-state index is 0.00416. The molecule has 1 saturated heterocycles. The number of aryl methyl sites for hydroxylation is 2. The fourth-order valence-electron chi connectivity index (χ4n) is 3.61. The van der Waals surface area contributed by atoms with Crippen molar-refractivity contribution in [2.24, 2.45) is 0 Å². The molecule has 3 aromatic rings. The minimum absolute atomic E-state index is 0.00416. The van der Waals surface area contributed by atoms with Gasteiger partial charge in [0.25, 0.3) is 0 Å². The topological polar surface area (TPSA) is 63.7 Å². The van der Waals surface area contributed by atoms with Gasteiger partial charge in [0.1, 0.15) is 12.4 Å². The fraction of sp³-hybridized carbons (Fsp3) is 0.259. The van der Waals surface area contributed by atoms with Gasteiger partial charge in [-0.2, -0.15) is 0 Å². The monoisotopic (exact) mass is 477 g/mol. The lowest BCUT2D eigenvalue weighted by Gasteiger charge is -2.26. The molecule has 34 heavy (non-hydrogen) atoms. The summed E-state index contributed by atoms with van der Waals surface area (Å²) >= 11 is 6.49. The summed E-state index contributed by atoms with van der Waals surface area (Å²) in [6.07, 6.45) is 5.00. The summed E-state index contributed by atoms with van der Waals surface area (Å²) in [5.41, 5.74) is 4.00. The Hall–Kier alpha value is -3.35. The highest BCUT2D eigenvalue weighted by Crippen LogP contribution is 2.34. The van der Waals surface area contributed by atoms with Gasteiger partial charge in [0.15, 0.2) is 5.75 Å². The number of carbonyl (C=O) groups is 1. The van der Waals surface area contributed by atoms with Crippen LogP contribution in [0.2, 0.25) is 5.02 Å². The van der Waals surface area contributed by atoms with Gasteiger partial charge in [-0.15, -0.1) is 0 Å². The number of hydrogen-bond donors (Lipinski definition) is 1. The van der Waals surface area contributed by atoms with E-state index < -0.39 is 0 Å². The molecule has 1 aliphatic heterocycles. The highest BCUT2D eigenvalue weighted by molar-refractivity contribution is 6.32. The van der Waals surface area contributed by atoms with Gasteiger partial charge in [-0.25, -0.2) is 4.98 Å². The van der Waals surface area contributed by atoms with Gasteiger partial charge in [0, 0.05) is 38.3 Å². The number of rotatable bonds is 7. The molecule has 1 aromatic heterocycles. The number of benzene rings is 2. The zero-order valence-electron chi connectivity index (χ0n) is 19.4. The van der Waals surface area contributed by atoms with Crippen molar-refractivity contribution >= 4 is 23.6 Å². The van der Waals surface area contributed by atoms with Crippen molar-refractivity contribution in [1.29, 1.82) is 0 Å². The highest BCUT2D eigenvalue weighted by atomic mass is 35.5. The van der Waals surface area contributed by atoms with E-state index >= 15 is 0 Å². The molecule has 0 bridgehead atoms. The highest BCUT2D eigenvalue weighted by Gasteiger charge is 2.14. The van der Waals surface area contributed by atoms with E-state index in [0.29, 0.717) is 29.0 Å². The predicted octanol–water partition coefficient (Wildman–Crippen LogP) is 5.17.